The molecule has 42 heavy (non-hydrogen) atoms. The van der Waals surface area contributed by atoms with Gasteiger partial charge in [-0.2, -0.15) is 26.3 Å². The smallest absolute Gasteiger partial charge is 0.416 e. The molecule has 2 fully saturated rings. The lowest BCUT2D eigenvalue weighted by Crippen LogP contribution is -2.36. The first kappa shape index (κ1) is 30.1. The van der Waals surface area contributed by atoms with Crippen LogP contribution in [0.2, 0.25) is 0 Å². The van der Waals surface area contributed by atoms with Crippen molar-refractivity contribution in [3.8, 4) is 5.75 Å². The van der Waals surface area contributed by atoms with Crippen LogP contribution in [0.15, 0.2) is 42.0 Å². The van der Waals surface area contributed by atoms with E-state index < -0.39 is 41.7 Å². The number of nitrogens with zero attached hydrogens (tertiary/aromatic N) is 2. The van der Waals surface area contributed by atoms with Crippen LogP contribution in [-0.2, 0) is 21.8 Å². The molecule has 2 heterocycles. The summed E-state index contributed by atoms with van der Waals surface area (Å²) in [6.45, 7) is 4.47. The molecule has 2 atom stereocenters. The van der Waals surface area contributed by atoms with Crippen LogP contribution < -0.4 is 9.64 Å². The Balaban J connectivity index is 1.47. The summed E-state index contributed by atoms with van der Waals surface area (Å²) in [6, 6.07) is 6.49. The van der Waals surface area contributed by atoms with Crippen molar-refractivity contribution < 1.29 is 45.3 Å². The van der Waals surface area contributed by atoms with Gasteiger partial charge in [0.25, 0.3) is 0 Å². The number of benzene rings is 2. The number of ether oxygens (including phenoxy) is 3. The Labute approximate surface area is 239 Å². The third-order valence-electron chi connectivity index (χ3n) is 8.16. The predicted molar refractivity (Wildman–Crippen MR) is 143 cm³/mol. The van der Waals surface area contributed by atoms with E-state index in [-0.39, 0.29) is 18.2 Å². The quantitative estimate of drug-likeness (QED) is 0.323. The molecule has 2 saturated heterocycles. The Morgan fingerprint density at radius 1 is 0.929 bits per heavy atom. The summed E-state index contributed by atoms with van der Waals surface area (Å²) < 4.78 is 97.5. The van der Waals surface area contributed by atoms with Crippen molar-refractivity contribution in [2.75, 3.05) is 44.9 Å². The van der Waals surface area contributed by atoms with Gasteiger partial charge in [0, 0.05) is 30.9 Å². The maximum atomic E-state index is 13.5. The lowest BCUT2D eigenvalue weighted by Gasteiger charge is -2.31. The largest absolute Gasteiger partial charge is 0.496 e. The molecule has 0 saturated carbocycles. The third kappa shape index (κ3) is 6.18. The lowest BCUT2D eigenvalue weighted by atomic mass is 9.86. The average Bonchev–Trinajstić information content (AvgIpc) is 3.25. The molecule has 1 aliphatic carbocycles. The van der Waals surface area contributed by atoms with Gasteiger partial charge in [0.2, 0.25) is 0 Å². The first-order valence-corrected chi connectivity index (χ1v) is 13.9. The molecule has 12 heteroatoms. The lowest BCUT2D eigenvalue weighted by molar-refractivity contribution is -0.143. The highest BCUT2D eigenvalue weighted by atomic mass is 19.4. The fraction of sp³-hybridized carbons (Fsp3) is 0.500. The van der Waals surface area contributed by atoms with E-state index >= 15 is 0 Å². The normalized spacial score (nSPS) is 22.0. The standard InChI is InChI=1S/C30H32F6N2O4/c1-18-27(20-13-21(29(31,32)33)15-22(14-20)30(34,35)36)42-28(39)38(18)17-19-5-3-4-6-24(19)25-16-23(7-8-26(25)40-2)37-9-11-41-12-10-37/h7-8,13-16,18,27H,3-6,9-12,17H2,1-2H3/t18-,27-/m0/s1. The highest BCUT2D eigenvalue weighted by molar-refractivity contribution is 5.78. The van der Waals surface area contributed by atoms with E-state index in [0.717, 1.165) is 54.7 Å². The molecular weight excluding hydrogens is 566 g/mol. The van der Waals surface area contributed by atoms with Crippen LogP contribution >= 0.6 is 0 Å². The topological polar surface area (TPSA) is 51.2 Å². The van der Waals surface area contributed by atoms with E-state index in [0.29, 0.717) is 37.5 Å². The predicted octanol–water partition coefficient (Wildman–Crippen LogP) is 7.48. The van der Waals surface area contributed by atoms with Gasteiger partial charge in [0.1, 0.15) is 11.9 Å². The van der Waals surface area contributed by atoms with Crippen LogP contribution in [0, 0.1) is 0 Å². The van der Waals surface area contributed by atoms with E-state index in [1.54, 1.807) is 14.0 Å². The summed E-state index contributed by atoms with van der Waals surface area (Å²) in [5.74, 6) is 0.681. The van der Waals surface area contributed by atoms with Gasteiger partial charge in [-0.1, -0.05) is 0 Å². The number of rotatable bonds is 6. The van der Waals surface area contributed by atoms with Crippen LogP contribution in [0.1, 0.15) is 61.0 Å². The fourth-order valence-electron chi connectivity index (χ4n) is 5.93. The van der Waals surface area contributed by atoms with Crippen molar-refractivity contribution in [1.82, 2.24) is 4.90 Å². The van der Waals surface area contributed by atoms with Crippen molar-refractivity contribution in [1.29, 1.82) is 0 Å². The number of halogens is 6. The summed E-state index contributed by atoms with van der Waals surface area (Å²) in [7, 11) is 1.59. The van der Waals surface area contributed by atoms with Crippen LogP contribution in [0.3, 0.4) is 0 Å². The molecule has 0 bridgehead atoms. The second-order valence-corrected chi connectivity index (χ2v) is 10.8. The Kier molecular flexibility index (Phi) is 8.37. The molecule has 6 nitrogen and oxygen atoms in total. The van der Waals surface area contributed by atoms with Crippen LogP contribution in [0.4, 0.5) is 36.8 Å². The van der Waals surface area contributed by atoms with Crippen LogP contribution in [0.5, 0.6) is 5.75 Å². The molecule has 2 aromatic rings. The zero-order valence-electron chi connectivity index (χ0n) is 23.3. The number of carbonyl (C=O) groups is 1. The minimum atomic E-state index is -5.00. The number of anilines is 1. The second-order valence-electron chi connectivity index (χ2n) is 10.8. The summed E-state index contributed by atoms with van der Waals surface area (Å²) in [5.41, 5.74) is 0.666. The second kappa shape index (κ2) is 11.7. The van der Waals surface area contributed by atoms with Crippen LogP contribution in [0.25, 0.3) is 5.57 Å². The van der Waals surface area contributed by atoms with Crippen LogP contribution in [-0.4, -0.2) is 57.0 Å². The summed E-state index contributed by atoms with van der Waals surface area (Å²) in [5, 5.41) is 0. The van der Waals surface area contributed by atoms with Gasteiger partial charge in [-0.3, -0.25) is 4.90 Å². The van der Waals surface area contributed by atoms with E-state index in [1.165, 1.54) is 4.90 Å². The van der Waals surface area contributed by atoms with E-state index in [9.17, 15) is 31.1 Å². The number of alkyl halides is 6. The zero-order valence-corrected chi connectivity index (χ0v) is 23.3. The molecule has 2 aromatic carbocycles. The maximum Gasteiger partial charge on any atom is 0.416 e. The van der Waals surface area contributed by atoms with Gasteiger partial charge in [-0.25, -0.2) is 4.79 Å². The SMILES string of the molecule is COc1ccc(N2CCOCC2)cc1C1=C(CN2C(=O)O[C@H](c3cc(C(F)(F)F)cc(C(F)(F)F)c3)[C@@H]2C)CCCC1. The third-order valence-corrected chi connectivity index (χ3v) is 8.16. The van der Waals surface area contributed by atoms with Gasteiger partial charge in [-0.05, 0) is 85.7 Å². The van der Waals surface area contributed by atoms with Gasteiger partial charge < -0.3 is 19.1 Å². The number of carbonyl (C=O) groups excluding carboxylic acids is 1. The Hall–Kier alpha value is -3.41. The Morgan fingerprint density at radius 3 is 2.19 bits per heavy atom. The van der Waals surface area contributed by atoms with Crippen molar-refractivity contribution >= 4 is 17.4 Å². The number of hydrogen-bond acceptors (Lipinski definition) is 5. The van der Waals surface area contributed by atoms with Gasteiger partial charge in [0.15, 0.2) is 0 Å². The van der Waals surface area contributed by atoms with Crippen molar-refractivity contribution in [2.45, 2.75) is 57.1 Å². The minimum absolute atomic E-state index is 0.0697. The van der Waals surface area contributed by atoms with E-state index in [1.807, 2.05) is 12.1 Å². The number of methoxy groups -OCH3 is 1. The first-order chi connectivity index (χ1) is 19.9. The molecule has 3 aliphatic rings. The van der Waals surface area contributed by atoms with Crippen molar-refractivity contribution in [3.05, 3.63) is 64.2 Å². The molecule has 0 unspecified atom stereocenters. The average molecular weight is 599 g/mol. The molecule has 1 amide bonds. The fourth-order valence-corrected chi connectivity index (χ4v) is 5.93. The monoisotopic (exact) mass is 598 g/mol. The van der Waals surface area contributed by atoms with E-state index in [4.69, 9.17) is 14.2 Å². The Bertz CT molecular complexity index is 1320. The van der Waals surface area contributed by atoms with Gasteiger partial charge >= 0.3 is 18.4 Å². The molecular formula is C30H32F6N2O4. The molecule has 2 aliphatic heterocycles. The summed E-state index contributed by atoms with van der Waals surface area (Å²) in [6.07, 6.45) is -8.86. The number of allylic oxidation sites excluding steroid dienone is 1. The zero-order chi connectivity index (χ0) is 30.2. The number of cyclic esters (lactones) is 1. The number of amides is 1. The van der Waals surface area contributed by atoms with Gasteiger partial charge in [0.05, 0.1) is 37.5 Å². The highest BCUT2D eigenvalue weighted by Crippen LogP contribution is 2.43. The summed E-state index contributed by atoms with van der Waals surface area (Å²) >= 11 is 0. The molecule has 0 aromatic heterocycles. The van der Waals surface area contributed by atoms with Crippen molar-refractivity contribution in [3.63, 3.8) is 0 Å². The molecule has 228 valence electrons. The molecule has 5 rings (SSSR count). The molecule has 0 spiro atoms. The summed E-state index contributed by atoms with van der Waals surface area (Å²) in [4.78, 5) is 16.6. The Morgan fingerprint density at radius 2 is 1.57 bits per heavy atom. The molecule has 0 radical (unpaired) electrons. The molecule has 0 N–H and O–H groups in total. The minimum Gasteiger partial charge on any atom is -0.496 e. The maximum absolute atomic E-state index is 13.5. The highest BCUT2D eigenvalue weighted by Gasteiger charge is 2.43. The van der Waals surface area contributed by atoms with Crippen molar-refractivity contribution in [2.24, 2.45) is 0 Å². The first-order valence-electron chi connectivity index (χ1n) is 13.9. The number of hydrogen-bond donors (Lipinski definition) is 0. The van der Waals surface area contributed by atoms with E-state index in [2.05, 4.69) is 11.0 Å². The number of morpholine rings is 1. The van der Waals surface area contributed by atoms with Gasteiger partial charge in [-0.15, -0.1) is 0 Å².